The quantitative estimate of drug-likeness (QED) is 0.551. The minimum absolute atomic E-state index is 0. The van der Waals surface area contributed by atoms with E-state index in [1.807, 2.05) is 0 Å². The minimum Gasteiger partial charge on any atom is -0.0587 e. The summed E-state index contributed by atoms with van der Waals surface area (Å²) < 4.78 is 0. The van der Waals surface area contributed by atoms with E-state index in [1.165, 1.54) is 5.56 Å². The smallest absolute Gasteiger partial charge is 0.0587 e. The highest BCUT2D eigenvalue weighted by atomic mass is 24.3. The van der Waals surface area contributed by atoms with Crippen molar-refractivity contribution in [1.29, 1.82) is 0 Å². The van der Waals surface area contributed by atoms with E-state index in [0.29, 0.717) is 5.92 Å². The Hall–Kier alpha value is -0.0138. The lowest BCUT2D eigenvalue weighted by Gasteiger charge is -2.03. The third kappa shape index (κ3) is 3.26. The van der Waals surface area contributed by atoms with Crippen molar-refractivity contribution in [2.75, 3.05) is 0 Å². The molecule has 0 saturated heterocycles. The maximum atomic E-state index is 3.82. The molecule has 0 aromatic heterocycles. The summed E-state index contributed by atoms with van der Waals surface area (Å²) in [6.45, 7) is 8.21. The second-order valence-electron chi connectivity index (χ2n) is 2.90. The molecule has 1 aromatic rings. The summed E-state index contributed by atoms with van der Waals surface area (Å²) in [5, 5.41) is 0. The molecule has 57 valence electrons. The van der Waals surface area contributed by atoms with Crippen LogP contribution in [0.2, 0.25) is 0 Å². The maximum Gasteiger partial charge on any atom is 0.316 e. The average Bonchev–Trinajstić information content (AvgIpc) is 1.88. The lowest BCUT2D eigenvalue weighted by molar-refractivity contribution is 0.866. The van der Waals surface area contributed by atoms with Gasteiger partial charge in [-0.2, -0.15) is 0 Å². The Morgan fingerprint density at radius 2 is 1.55 bits per heavy atom. The van der Waals surface area contributed by atoms with Crippen molar-refractivity contribution in [2.24, 2.45) is 0 Å². The van der Waals surface area contributed by atoms with Crippen LogP contribution in [0.1, 0.15) is 30.9 Å². The van der Waals surface area contributed by atoms with Gasteiger partial charge in [-0.3, -0.25) is 0 Å². The molecule has 0 bridgehead atoms. The third-order valence-electron chi connectivity index (χ3n) is 1.65. The standard InChI is InChI=1S/C10H13.Mg.2H/c1-8(2)10-6-4-9(3)5-7-10;;;/h4-8H,3H2,1-2H3;;;. The molecule has 0 saturated carbocycles. The van der Waals surface area contributed by atoms with Crippen molar-refractivity contribution in [1.82, 2.24) is 0 Å². The molecule has 0 aliphatic carbocycles. The Balaban J connectivity index is 0.000001000. The summed E-state index contributed by atoms with van der Waals surface area (Å²) in [5.74, 6) is 0.626. The van der Waals surface area contributed by atoms with Gasteiger partial charge in [0.05, 0.1) is 0 Å². The van der Waals surface area contributed by atoms with Crippen LogP contribution in [0.4, 0.5) is 0 Å². The van der Waals surface area contributed by atoms with Gasteiger partial charge in [0.1, 0.15) is 0 Å². The normalized spacial score (nSPS) is 9.45. The summed E-state index contributed by atoms with van der Waals surface area (Å²) in [5.41, 5.74) is 2.47. The molecule has 0 atom stereocenters. The first-order chi connectivity index (χ1) is 4.70. The zero-order chi connectivity index (χ0) is 7.56. The van der Waals surface area contributed by atoms with E-state index in [-0.39, 0.29) is 23.1 Å². The fourth-order valence-electron chi connectivity index (χ4n) is 0.903. The van der Waals surface area contributed by atoms with E-state index in [9.17, 15) is 0 Å². The van der Waals surface area contributed by atoms with E-state index in [2.05, 4.69) is 45.0 Å². The molecule has 0 aliphatic heterocycles. The first kappa shape index (κ1) is 11.0. The van der Waals surface area contributed by atoms with Crippen LogP contribution >= 0.6 is 0 Å². The molecule has 1 heteroatoms. The zero-order valence-corrected chi connectivity index (χ0v) is 6.59. The lowest BCUT2D eigenvalue weighted by Crippen LogP contribution is -1.85. The van der Waals surface area contributed by atoms with Crippen LogP contribution < -0.4 is 0 Å². The number of rotatable bonds is 1. The van der Waals surface area contributed by atoms with Crippen molar-refractivity contribution in [3.8, 4) is 0 Å². The second-order valence-corrected chi connectivity index (χ2v) is 2.90. The predicted molar refractivity (Wildman–Crippen MR) is 53.5 cm³/mol. The maximum absolute atomic E-state index is 3.82. The Kier molecular flexibility index (Phi) is 4.78. The van der Waals surface area contributed by atoms with Crippen LogP contribution in [0, 0.1) is 6.92 Å². The first-order valence-electron chi connectivity index (χ1n) is 3.62. The average molecular weight is 160 g/mol. The fourth-order valence-corrected chi connectivity index (χ4v) is 0.903. The van der Waals surface area contributed by atoms with E-state index in [4.69, 9.17) is 0 Å². The van der Waals surface area contributed by atoms with Crippen LogP contribution in [0.25, 0.3) is 0 Å². The number of benzene rings is 1. The molecule has 0 aliphatic rings. The Bertz CT molecular complexity index is 199. The van der Waals surface area contributed by atoms with Gasteiger partial charge in [-0.1, -0.05) is 38.1 Å². The molecule has 1 aromatic carbocycles. The van der Waals surface area contributed by atoms with Gasteiger partial charge in [0.25, 0.3) is 0 Å². The van der Waals surface area contributed by atoms with Crippen molar-refractivity contribution in [3.05, 3.63) is 42.3 Å². The van der Waals surface area contributed by atoms with Crippen LogP contribution in [0.5, 0.6) is 0 Å². The molecular formula is C10H15Mg. The lowest BCUT2D eigenvalue weighted by atomic mass is 10.0. The molecule has 0 amide bonds. The van der Waals surface area contributed by atoms with Gasteiger partial charge in [0.15, 0.2) is 0 Å². The summed E-state index contributed by atoms with van der Waals surface area (Å²) in [6, 6.07) is 8.37. The topological polar surface area (TPSA) is 0 Å². The molecule has 0 heterocycles. The largest absolute Gasteiger partial charge is 0.316 e. The van der Waals surface area contributed by atoms with Gasteiger partial charge in [-0.25, -0.2) is 0 Å². The van der Waals surface area contributed by atoms with E-state index < -0.39 is 0 Å². The summed E-state index contributed by atoms with van der Waals surface area (Å²) in [6.07, 6.45) is 0. The van der Waals surface area contributed by atoms with E-state index >= 15 is 0 Å². The van der Waals surface area contributed by atoms with Gasteiger partial charge >= 0.3 is 23.1 Å². The molecule has 1 radical (unpaired) electrons. The van der Waals surface area contributed by atoms with E-state index in [1.54, 1.807) is 0 Å². The number of hydrogen-bond acceptors (Lipinski definition) is 0. The van der Waals surface area contributed by atoms with Gasteiger partial charge in [0, 0.05) is 0 Å². The predicted octanol–water partition coefficient (Wildman–Crippen LogP) is 2.08. The molecular weight excluding hydrogens is 144 g/mol. The van der Waals surface area contributed by atoms with Crippen molar-refractivity contribution in [2.45, 2.75) is 19.8 Å². The number of hydrogen-bond donors (Lipinski definition) is 0. The fraction of sp³-hybridized carbons (Fsp3) is 0.300. The summed E-state index contributed by atoms with van der Waals surface area (Å²) >= 11 is 0. The minimum atomic E-state index is 0. The summed E-state index contributed by atoms with van der Waals surface area (Å²) in [4.78, 5) is 0. The SMILES string of the molecule is [CH2]c1ccc(C(C)C)cc1.[MgH2]. The Labute approximate surface area is 85.2 Å². The van der Waals surface area contributed by atoms with Crippen LogP contribution in [-0.4, -0.2) is 23.1 Å². The summed E-state index contributed by atoms with van der Waals surface area (Å²) in [7, 11) is 0. The molecule has 0 unspecified atom stereocenters. The first-order valence-corrected chi connectivity index (χ1v) is 3.62. The monoisotopic (exact) mass is 159 g/mol. The molecule has 11 heavy (non-hydrogen) atoms. The van der Waals surface area contributed by atoms with Crippen LogP contribution in [0.3, 0.4) is 0 Å². The highest BCUT2D eigenvalue weighted by Crippen LogP contribution is 2.13. The van der Waals surface area contributed by atoms with Crippen LogP contribution in [-0.2, 0) is 0 Å². The molecule has 0 fully saturated rings. The Morgan fingerprint density at radius 3 is 1.91 bits per heavy atom. The molecule has 0 spiro atoms. The zero-order valence-electron chi connectivity index (χ0n) is 6.59. The molecule has 0 nitrogen and oxygen atoms in total. The van der Waals surface area contributed by atoms with Crippen molar-refractivity contribution < 1.29 is 0 Å². The van der Waals surface area contributed by atoms with E-state index in [0.717, 1.165) is 5.56 Å². The van der Waals surface area contributed by atoms with Crippen molar-refractivity contribution >= 4 is 23.1 Å². The molecule has 1 rings (SSSR count). The van der Waals surface area contributed by atoms with Gasteiger partial charge in [-0.15, -0.1) is 0 Å². The van der Waals surface area contributed by atoms with Crippen LogP contribution in [0.15, 0.2) is 24.3 Å². The van der Waals surface area contributed by atoms with Gasteiger partial charge < -0.3 is 0 Å². The highest BCUT2D eigenvalue weighted by molar-refractivity contribution is 5.75. The van der Waals surface area contributed by atoms with Crippen molar-refractivity contribution in [3.63, 3.8) is 0 Å². The third-order valence-corrected chi connectivity index (χ3v) is 1.65. The second kappa shape index (κ2) is 4.78. The van der Waals surface area contributed by atoms with Gasteiger partial charge in [0.2, 0.25) is 0 Å². The molecule has 0 N–H and O–H groups in total. The Morgan fingerprint density at radius 1 is 1.09 bits per heavy atom. The highest BCUT2D eigenvalue weighted by Gasteiger charge is 1.95. The van der Waals surface area contributed by atoms with Gasteiger partial charge in [-0.05, 0) is 24.0 Å².